The summed E-state index contributed by atoms with van der Waals surface area (Å²) in [7, 11) is 1.62. The van der Waals surface area contributed by atoms with Crippen LogP contribution in [-0.2, 0) is 4.79 Å². The van der Waals surface area contributed by atoms with E-state index < -0.39 is 0 Å². The number of nitrogen functional groups attached to an aromatic ring is 1. The fourth-order valence-electron chi connectivity index (χ4n) is 1.28. The number of anilines is 1. The standard InChI is InChI=1S/C10H12N4OS2/c1-12-7(15)3-5-17-10-13-8(11)6-2-4-16-9(6)14-10/h2,4H,3,5H2,1H3,(H,12,15)(H2,11,13,14). The van der Waals surface area contributed by atoms with E-state index in [1.807, 2.05) is 11.4 Å². The molecule has 0 atom stereocenters. The Morgan fingerprint density at radius 2 is 2.41 bits per heavy atom. The largest absolute Gasteiger partial charge is 0.383 e. The number of aromatic nitrogens is 2. The summed E-state index contributed by atoms with van der Waals surface area (Å²) in [6.07, 6.45) is 0.451. The van der Waals surface area contributed by atoms with Crippen molar-refractivity contribution in [1.82, 2.24) is 15.3 Å². The number of hydrogen-bond donors (Lipinski definition) is 2. The van der Waals surface area contributed by atoms with Gasteiger partial charge in [-0.3, -0.25) is 4.79 Å². The topological polar surface area (TPSA) is 80.9 Å². The summed E-state index contributed by atoms with van der Waals surface area (Å²) >= 11 is 2.98. The second kappa shape index (κ2) is 5.33. The first-order chi connectivity index (χ1) is 8.20. The molecule has 90 valence electrons. The Labute approximate surface area is 107 Å². The number of nitrogens with two attached hydrogens (primary N) is 1. The highest BCUT2D eigenvalue weighted by molar-refractivity contribution is 7.99. The van der Waals surface area contributed by atoms with Gasteiger partial charge in [-0.15, -0.1) is 11.3 Å². The normalized spacial score (nSPS) is 10.6. The van der Waals surface area contributed by atoms with E-state index >= 15 is 0 Å². The summed E-state index contributed by atoms with van der Waals surface area (Å²) in [6, 6.07) is 1.91. The number of fused-ring (bicyclic) bond motifs is 1. The van der Waals surface area contributed by atoms with Crippen LogP contribution in [0.5, 0.6) is 0 Å². The molecule has 0 radical (unpaired) electrons. The fraction of sp³-hybridized carbons (Fsp3) is 0.300. The maximum absolute atomic E-state index is 11.1. The molecule has 0 aliphatic carbocycles. The molecule has 0 spiro atoms. The van der Waals surface area contributed by atoms with Gasteiger partial charge in [0.1, 0.15) is 10.6 Å². The van der Waals surface area contributed by atoms with E-state index in [2.05, 4.69) is 15.3 Å². The number of amides is 1. The molecule has 0 aliphatic rings. The molecular weight excluding hydrogens is 256 g/mol. The van der Waals surface area contributed by atoms with Crippen LogP contribution in [0.3, 0.4) is 0 Å². The lowest BCUT2D eigenvalue weighted by atomic mass is 10.4. The molecule has 0 saturated heterocycles. The van der Waals surface area contributed by atoms with E-state index in [0.717, 1.165) is 10.2 Å². The van der Waals surface area contributed by atoms with Gasteiger partial charge in [0.05, 0.1) is 5.39 Å². The predicted molar refractivity (Wildman–Crippen MR) is 71.2 cm³/mol. The van der Waals surface area contributed by atoms with Gasteiger partial charge in [-0.05, 0) is 11.4 Å². The van der Waals surface area contributed by atoms with Crippen LogP contribution in [-0.4, -0.2) is 28.7 Å². The first-order valence-corrected chi connectivity index (χ1v) is 6.91. The van der Waals surface area contributed by atoms with Crippen molar-refractivity contribution >= 4 is 45.0 Å². The highest BCUT2D eigenvalue weighted by Crippen LogP contribution is 2.26. The van der Waals surface area contributed by atoms with Crippen LogP contribution in [0.4, 0.5) is 5.82 Å². The smallest absolute Gasteiger partial charge is 0.220 e. The average molecular weight is 268 g/mol. The molecule has 0 unspecified atom stereocenters. The minimum absolute atomic E-state index is 0.0164. The Morgan fingerprint density at radius 3 is 3.18 bits per heavy atom. The minimum Gasteiger partial charge on any atom is -0.383 e. The molecular formula is C10H12N4OS2. The first-order valence-electron chi connectivity index (χ1n) is 5.05. The van der Waals surface area contributed by atoms with Gasteiger partial charge in [0.2, 0.25) is 5.91 Å². The fourth-order valence-corrected chi connectivity index (χ4v) is 2.90. The third-order valence-corrected chi connectivity index (χ3v) is 3.83. The van der Waals surface area contributed by atoms with Crippen LogP contribution in [0, 0.1) is 0 Å². The van der Waals surface area contributed by atoms with Crippen molar-refractivity contribution in [3.8, 4) is 0 Å². The quantitative estimate of drug-likeness (QED) is 0.649. The molecule has 1 amide bonds. The van der Waals surface area contributed by atoms with Gasteiger partial charge in [-0.25, -0.2) is 9.97 Å². The molecule has 0 fully saturated rings. The van der Waals surface area contributed by atoms with E-state index in [1.54, 1.807) is 7.05 Å². The molecule has 2 aromatic rings. The van der Waals surface area contributed by atoms with E-state index in [4.69, 9.17) is 5.73 Å². The van der Waals surface area contributed by atoms with Crippen molar-refractivity contribution in [2.24, 2.45) is 0 Å². The highest BCUT2D eigenvalue weighted by atomic mass is 32.2. The summed E-state index contributed by atoms with van der Waals surface area (Å²) in [5.74, 6) is 1.16. The number of nitrogens with one attached hydrogen (secondary N) is 1. The lowest BCUT2D eigenvalue weighted by molar-refractivity contribution is -0.120. The number of carbonyl (C=O) groups excluding carboxylic acids is 1. The van der Waals surface area contributed by atoms with Crippen LogP contribution in [0.1, 0.15) is 6.42 Å². The van der Waals surface area contributed by atoms with Gasteiger partial charge in [0.15, 0.2) is 5.16 Å². The number of thioether (sulfide) groups is 1. The Kier molecular flexibility index (Phi) is 3.80. The summed E-state index contributed by atoms with van der Waals surface area (Å²) < 4.78 is 0. The van der Waals surface area contributed by atoms with Crippen LogP contribution in [0.15, 0.2) is 16.6 Å². The Hall–Kier alpha value is -1.34. The second-order valence-electron chi connectivity index (χ2n) is 3.30. The number of hydrogen-bond acceptors (Lipinski definition) is 6. The zero-order chi connectivity index (χ0) is 12.3. The van der Waals surface area contributed by atoms with Crippen molar-refractivity contribution in [2.45, 2.75) is 11.6 Å². The molecule has 2 aromatic heterocycles. The number of nitrogens with zero attached hydrogens (tertiary/aromatic N) is 2. The Morgan fingerprint density at radius 1 is 1.59 bits per heavy atom. The zero-order valence-corrected chi connectivity index (χ0v) is 10.9. The molecule has 17 heavy (non-hydrogen) atoms. The first kappa shape index (κ1) is 12.1. The maximum Gasteiger partial charge on any atom is 0.220 e. The lowest BCUT2D eigenvalue weighted by Gasteiger charge is -2.02. The van der Waals surface area contributed by atoms with Crippen LogP contribution in [0.2, 0.25) is 0 Å². The highest BCUT2D eigenvalue weighted by Gasteiger charge is 2.07. The summed E-state index contributed by atoms with van der Waals surface area (Å²) in [6.45, 7) is 0. The van der Waals surface area contributed by atoms with Crippen molar-refractivity contribution in [1.29, 1.82) is 0 Å². The summed E-state index contributed by atoms with van der Waals surface area (Å²) in [4.78, 5) is 20.5. The van der Waals surface area contributed by atoms with E-state index in [9.17, 15) is 4.79 Å². The van der Waals surface area contributed by atoms with Gasteiger partial charge in [-0.2, -0.15) is 0 Å². The van der Waals surface area contributed by atoms with Gasteiger partial charge < -0.3 is 11.1 Å². The monoisotopic (exact) mass is 268 g/mol. The average Bonchev–Trinajstić information content (AvgIpc) is 2.77. The van der Waals surface area contributed by atoms with E-state index in [1.165, 1.54) is 23.1 Å². The van der Waals surface area contributed by atoms with Crippen molar-refractivity contribution in [3.63, 3.8) is 0 Å². The molecule has 0 bridgehead atoms. The predicted octanol–water partition coefficient (Wildman–Crippen LogP) is 1.50. The van der Waals surface area contributed by atoms with Gasteiger partial charge in [0.25, 0.3) is 0 Å². The van der Waals surface area contributed by atoms with E-state index in [-0.39, 0.29) is 5.91 Å². The molecule has 5 nitrogen and oxygen atoms in total. The van der Waals surface area contributed by atoms with Crippen molar-refractivity contribution in [2.75, 3.05) is 18.5 Å². The lowest BCUT2D eigenvalue weighted by Crippen LogP contribution is -2.17. The Balaban J connectivity index is 2.06. The number of thiophene rings is 1. The molecule has 0 aromatic carbocycles. The molecule has 0 saturated carbocycles. The third kappa shape index (κ3) is 2.86. The van der Waals surface area contributed by atoms with Gasteiger partial charge >= 0.3 is 0 Å². The van der Waals surface area contributed by atoms with Gasteiger partial charge in [-0.1, -0.05) is 11.8 Å². The zero-order valence-electron chi connectivity index (χ0n) is 9.27. The molecule has 7 heteroatoms. The van der Waals surface area contributed by atoms with E-state index in [0.29, 0.717) is 23.1 Å². The Bertz CT molecular complexity index is 540. The molecule has 2 heterocycles. The SMILES string of the molecule is CNC(=O)CCSc1nc(N)c2ccsc2n1. The maximum atomic E-state index is 11.1. The molecule has 3 N–H and O–H groups in total. The van der Waals surface area contributed by atoms with Crippen LogP contribution < -0.4 is 11.1 Å². The summed E-state index contributed by atoms with van der Waals surface area (Å²) in [5, 5.41) is 6.03. The summed E-state index contributed by atoms with van der Waals surface area (Å²) in [5.41, 5.74) is 5.82. The number of carbonyl (C=O) groups is 1. The molecule has 0 aliphatic heterocycles. The minimum atomic E-state index is 0.0164. The van der Waals surface area contributed by atoms with Crippen molar-refractivity contribution < 1.29 is 4.79 Å². The second-order valence-corrected chi connectivity index (χ2v) is 5.26. The number of rotatable bonds is 4. The van der Waals surface area contributed by atoms with Crippen LogP contribution >= 0.6 is 23.1 Å². The van der Waals surface area contributed by atoms with Crippen LogP contribution in [0.25, 0.3) is 10.2 Å². The molecule has 2 rings (SSSR count). The van der Waals surface area contributed by atoms with Gasteiger partial charge in [0, 0.05) is 19.2 Å². The third-order valence-electron chi connectivity index (χ3n) is 2.17. The van der Waals surface area contributed by atoms with Crippen molar-refractivity contribution in [3.05, 3.63) is 11.4 Å².